The quantitative estimate of drug-likeness (QED) is 0.366. The number of carbonyl (C=O) groups is 2. The second kappa shape index (κ2) is 9.42. The third kappa shape index (κ3) is 4.17. The van der Waals surface area contributed by atoms with Gasteiger partial charge in [0.25, 0.3) is 11.7 Å². The number of aliphatic hydroxyl groups excluding tert-OH is 1. The molecule has 0 spiro atoms. The Bertz CT molecular complexity index is 1090. The number of rotatable bonds is 5. The number of amides is 1. The van der Waals surface area contributed by atoms with Crippen LogP contribution >= 0.6 is 0 Å². The van der Waals surface area contributed by atoms with Crippen LogP contribution in [0.2, 0.25) is 0 Å². The van der Waals surface area contributed by atoms with E-state index < -0.39 is 17.7 Å². The maximum absolute atomic E-state index is 13.4. The van der Waals surface area contributed by atoms with Crippen LogP contribution < -0.4 is 4.74 Å². The van der Waals surface area contributed by atoms with Gasteiger partial charge in [0.2, 0.25) is 0 Å². The zero-order chi connectivity index (χ0) is 23.7. The van der Waals surface area contributed by atoms with E-state index in [2.05, 4.69) is 6.92 Å². The third-order valence-corrected chi connectivity index (χ3v) is 7.15. The van der Waals surface area contributed by atoms with Crippen LogP contribution in [0.3, 0.4) is 0 Å². The van der Waals surface area contributed by atoms with E-state index >= 15 is 0 Å². The largest absolute Gasteiger partial charge is 0.507 e. The lowest BCUT2D eigenvalue weighted by molar-refractivity contribution is -0.141. The van der Waals surface area contributed by atoms with Crippen LogP contribution in [0.5, 0.6) is 5.75 Å². The first kappa shape index (κ1) is 23.1. The summed E-state index contributed by atoms with van der Waals surface area (Å²) in [7, 11) is 1.61. The summed E-state index contributed by atoms with van der Waals surface area (Å²) in [6.45, 7) is 5.87. The summed E-state index contributed by atoms with van der Waals surface area (Å²) in [4.78, 5) is 28.4. The number of hydrogen-bond donors (Lipinski definition) is 1. The molecule has 1 aliphatic heterocycles. The highest BCUT2D eigenvalue weighted by Crippen LogP contribution is 2.43. The fraction of sp³-hybridized carbons (Fsp3) is 0.429. The lowest BCUT2D eigenvalue weighted by atomic mass is 9.90. The molecule has 0 bridgehead atoms. The minimum Gasteiger partial charge on any atom is -0.507 e. The van der Waals surface area contributed by atoms with Gasteiger partial charge in [0.05, 0.1) is 18.7 Å². The Morgan fingerprint density at radius 2 is 1.70 bits per heavy atom. The van der Waals surface area contributed by atoms with E-state index in [0.717, 1.165) is 61.0 Å². The Hall–Kier alpha value is -3.08. The van der Waals surface area contributed by atoms with Gasteiger partial charge in [-0.15, -0.1) is 0 Å². The van der Waals surface area contributed by atoms with Gasteiger partial charge in [-0.1, -0.05) is 50.5 Å². The number of Topliss-reactive ketones (excluding diaryl/α,β-unsaturated/α-hetero) is 1. The average Bonchev–Trinajstić information content (AvgIpc) is 3.10. The Balaban J connectivity index is 1.89. The summed E-state index contributed by atoms with van der Waals surface area (Å²) in [5.41, 5.74) is 4.44. The summed E-state index contributed by atoms with van der Waals surface area (Å²) >= 11 is 0. The number of ether oxygens (including phenoxy) is 1. The maximum atomic E-state index is 13.4. The van der Waals surface area contributed by atoms with Crippen molar-refractivity contribution in [3.8, 4) is 5.75 Å². The zero-order valence-electron chi connectivity index (χ0n) is 20.0. The number of nitrogens with zero attached hydrogens (tertiary/aromatic N) is 1. The van der Waals surface area contributed by atoms with E-state index in [4.69, 9.17) is 4.74 Å². The molecule has 0 aromatic heterocycles. The van der Waals surface area contributed by atoms with Crippen LogP contribution in [0.15, 0.2) is 42.0 Å². The lowest BCUT2D eigenvalue weighted by Gasteiger charge is -2.35. The number of aliphatic hydroxyl groups is 1. The molecule has 0 radical (unpaired) electrons. The molecule has 1 aliphatic carbocycles. The summed E-state index contributed by atoms with van der Waals surface area (Å²) in [5, 5.41) is 11.5. The standard InChI is InChI=1S/C28H33NO4/c1-5-19-11-13-20(14-12-19)25-24(26(30)22-15-18(3)23(33-4)16-17(22)2)27(31)28(32)29(25)21-9-7-6-8-10-21/h11-16,21,25,30H,5-10H2,1-4H3/b26-24+. The summed E-state index contributed by atoms with van der Waals surface area (Å²) in [6, 6.07) is 11.2. The smallest absolute Gasteiger partial charge is 0.295 e. The van der Waals surface area contributed by atoms with Crippen LogP contribution in [0.4, 0.5) is 0 Å². The van der Waals surface area contributed by atoms with Crippen LogP contribution in [0.25, 0.3) is 5.76 Å². The number of ketones is 1. The molecule has 1 saturated heterocycles. The fourth-order valence-corrected chi connectivity index (χ4v) is 5.26. The first-order chi connectivity index (χ1) is 15.9. The minimum atomic E-state index is -0.601. The molecule has 5 nitrogen and oxygen atoms in total. The topological polar surface area (TPSA) is 66.8 Å². The Labute approximate surface area is 196 Å². The van der Waals surface area contributed by atoms with Crippen LogP contribution in [0, 0.1) is 13.8 Å². The molecule has 1 atom stereocenters. The van der Waals surface area contributed by atoms with Gasteiger partial charge in [0.15, 0.2) is 0 Å². The van der Waals surface area contributed by atoms with Crippen molar-refractivity contribution >= 4 is 17.4 Å². The van der Waals surface area contributed by atoms with Crippen molar-refractivity contribution in [1.29, 1.82) is 0 Å². The van der Waals surface area contributed by atoms with Gasteiger partial charge in [0, 0.05) is 11.6 Å². The van der Waals surface area contributed by atoms with Gasteiger partial charge in [0.1, 0.15) is 11.5 Å². The van der Waals surface area contributed by atoms with Crippen molar-refractivity contribution in [1.82, 2.24) is 4.90 Å². The first-order valence-electron chi connectivity index (χ1n) is 11.9. The molecular weight excluding hydrogens is 414 g/mol. The zero-order valence-corrected chi connectivity index (χ0v) is 20.0. The normalized spacial score (nSPS) is 21.0. The van der Waals surface area contributed by atoms with Crippen LogP contribution in [-0.4, -0.2) is 34.8 Å². The number of likely N-dealkylation sites (tertiary alicyclic amines) is 1. The lowest BCUT2D eigenvalue weighted by Crippen LogP contribution is -2.40. The van der Waals surface area contributed by atoms with Crippen molar-refractivity contribution in [3.63, 3.8) is 0 Å². The monoisotopic (exact) mass is 447 g/mol. The molecule has 4 rings (SSSR count). The number of carbonyl (C=O) groups excluding carboxylic acids is 2. The molecule has 1 heterocycles. The molecule has 33 heavy (non-hydrogen) atoms. The second-order valence-corrected chi connectivity index (χ2v) is 9.23. The van der Waals surface area contributed by atoms with E-state index in [1.807, 2.05) is 50.2 Å². The Morgan fingerprint density at radius 1 is 1.03 bits per heavy atom. The summed E-state index contributed by atoms with van der Waals surface area (Å²) < 4.78 is 5.41. The van der Waals surface area contributed by atoms with Crippen molar-refractivity contribution in [3.05, 3.63) is 69.8 Å². The van der Waals surface area contributed by atoms with Crippen molar-refractivity contribution < 1.29 is 19.4 Å². The van der Waals surface area contributed by atoms with E-state index in [-0.39, 0.29) is 17.4 Å². The third-order valence-electron chi connectivity index (χ3n) is 7.15. The Morgan fingerprint density at radius 3 is 2.30 bits per heavy atom. The number of aryl methyl sites for hydroxylation is 3. The number of methoxy groups -OCH3 is 1. The average molecular weight is 448 g/mol. The van der Waals surface area contributed by atoms with Gasteiger partial charge in [-0.05, 0) is 67.5 Å². The highest BCUT2D eigenvalue weighted by atomic mass is 16.5. The molecular formula is C28H33NO4. The summed E-state index contributed by atoms with van der Waals surface area (Å²) in [6.07, 6.45) is 5.93. The van der Waals surface area contributed by atoms with Gasteiger partial charge < -0.3 is 14.7 Å². The van der Waals surface area contributed by atoms with Crippen molar-refractivity contribution in [2.75, 3.05) is 7.11 Å². The van der Waals surface area contributed by atoms with E-state index in [1.54, 1.807) is 12.0 Å². The van der Waals surface area contributed by atoms with E-state index in [0.29, 0.717) is 5.56 Å². The predicted octanol–water partition coefficient (Wildman–Crippen LogP) is 5.63. The molecule has 5 heteroatoms. The van der Waals surface area contributed by atoms with Crippen molar-refractivity contribution in [2.45, 2.75) is 71.4 Å². The molecule has 1 amide bonds. The highest BCUT2D eigenvalue weighted by Gasteiger charge is 2.49. The van der Waals surface area contributed by atoms with Gasteiger partial charge in [-0.25, -0.2) is 0 Å². The molecule has 174 valence electrons. The second-order valence-electron chi connectivity index (χ2n) is 9.23. The van der Waals surface area contributed by atoms with Gasteiger partial charge in [-0.2, -0.15) is 0 Å². The Kier molecular flexibility index (Phi) is 6.59. The summed E-state index contributed by atoms with van der Waals surface area (Å²) in [5.74, 6) is -0.496. The first-order valence-corrected chi connectivity index (χ1v) is 11.9. The van der Waals surface area contributed by atoms with E-state index in [1.165, 1.54) is 5.56 Å². The van der Waals surface area contributed by atoms with E-state index in [9.17, 15) is 14.7 Å². The van der Waals surface area contributed by atoms with Gasteiger partial charge >= 0.3 is 0 Å². The number of hydrogen-bond acceptors (Lipinski definition) is 4. The molecule has 2 fully saturated rings. The molecule has 1 N–H and O–H groups in total. The molecule has 2 aromatic carbocycles. The molecule has 2 aliphatic rings. The highest BCUT2D eigenvalue weighted by molar-refractivity contribution is 6.46. The maximum Gasteiger partial charge on any atom is 0.295 e. The fourth-order valence-electron chi connectivity index (χ4n) is 5.26. The molecule has 1 unspecified atom stereocenters. The van der Waals surface area contributed by atoms with Gasteiger partial charge in [-0.3, -0.25) is 9.59 Å². The van der Waals surface area contributed by atoms with Crippen molar-refractivity contribution in [2.24, 2.45) is 0 Å². The minimum absolute atomic E-state index is 0.00931. The SMILES string of the molecule is CCc1ccc(C2/C(=C(\O)c3cc(C)c(OC)cc3C)C(=O)C(=O)N2C2CCCCC2)cc1. The van der Waals surface area contributed by atoms with Crippen LogP contribution in [0.1, 0.15) is 72.9 Å². The molecule has 2 aromatic rings. The van der Waals surface area contributed by atoms with Crippen LogP contribution in [-0.2, 0) is 16.0 Å². The number of benzene rings is 2. The predicted molar refractivity (Wildman–Crippen MR) is 129 cm³/mol. The molecule has 1 saturated carbocycles.